The molecule has 0 saturated carbocycles. The molecule has 0 aliphatic carbocycles. The van der Waals surface area contributed by atoms with Gasteiger partial charge in [-0.15, -0.1) is 0 Å². The average Bonchev–Trinajstić information content (AvgIpc) is 2.29. The Balaban J connectivity index is 3.11. The van der Waals surface area contributed by atoms with Gasteiger partial charge in [-0.3, -0.25) is 4.79 Å². The van der Waals surface area contributed by atoms with Gasteiger partial charge in [0.1, 0.15) is 0 Å². The maximum Gasteiger partial charge on any atom is 0.164 e. The van der Waals surface area contributed by atoms with E-state index in [1.165, 1.54) is 0 Å². The summed E-state index contributed by atoms with van der Waals surface area (Å²) in [5.74, 6) is 0.104. The summed E-state index contributed by atoms with van der Waals surface area (Å²) >= 11 is 0. The van der Waals surface area contributed by atoms with E-state index in [9.17, 15) is 4.79 Å². The van der Waals surface area contributed by atoms with E-state index in [1.807, 2.05) is 24.3 Å². The predicted molar refractivity (Wildman–Crippen MR) is 69.3 cm³/mol. The van der Waals surface area contributed by atoms with Crippen molar-refractivity contribution in [2.24, 2.45) is 5.73 Å². The Kier molecular flexibility index (Phi) is 4.85. The van der Waals surface area contributed by atoms with E-state index in [1.54, 1.807) is 7.11 Å². The Hall–Kier alpha value is -1.19. The van der Waals surface area contributed by atoms with Crippen LogP contribution in [-0.4, -0.2) is 26.0 Å². The summed E-state index contributed by atoms with van der Waals surface area (Å²) in [4.78, 5) is 12.0. The lowest BCUT2D eigenvalue weighted by Gasteiger charge is -2.26. The topological polar surface area (TPSA) is 52.3 Å². The van der Waals surface area contributed by atoms with Crippen molar-refractivity contribution in [1.29, 1.82) is 0 Å². The highest BCUT2D eigenvalue weighted by atomic mass is 16.5. The van der Waals surface area contributed by atoms with Gasteiger partial charge in [-0.2, -0.15) is 0 Å². The number of carbonyl (C=O) groups is 1. The number of ketones is 1. The zero-order valence-electron chi connectivity index (χ0n) is 10.8. The van der Waals surface area contributed by atoms with E-state index in [0.29, 0.717) is 19.6 Å². The van der Waals surface area contributed by atoms with E-state index >= 15 is 0 Å². The second kappa shape index (κ2) is 5.94. The van der Waals surface area contributed by atoms with E-state index in [4.69, 9.17) is 10.5 Å². The van der Waals surface area contributed by atoms with Gasteiger partial charge < -0.3 is 10.5 Å². The summed E-state index contributed by atoms with van der Waals surface area (Å²) in [6, 6.07) is 7.69. The number of methoxy groups -OCH3 is 1. The van der Waals surface area contributed by atoms with Crippen LogP contribution in [0.1, 0.15) is 36.2 Å². The van der Waals surface area contributed by atoms with Gasteiger partial charge in [-0.1, -0.05) is 38.1 Å². The molecule has 0 fully saturated rings. The van der Waals surface area contributed by atoms with Crippen LogP contribution in [0.4, 0.5) is 0 Å². The first kappa shape index (κ1) is 13.9. The van der Waals surface area contributed by atoms with Gasteiger partial charge in [0.25, 0.3) is 0 Å². The van der Waals surface area contributed by atoms with Gasteiger partial charge in [0.05, 0.1) is 6.61 Å². The number of carbonyl (C=O) groups excluding carboxylic acids is 1. The standard InChI is InChI=1S/C14H21NO2/c1-14(2,10-17-3)12-7-5-4-6-11(12)13(16)8-9-15/h4-7H,8-10,15H2,1-3H3. The molecule has 1 rings (SSSR count). The van der Waals surface area contributed by atoms with Crippen LogP contribution < -0.4 is 5.73 Å². The van der Waals surface area contributed by atoms with Crippen molar-refractivity contribution in [3.05, 3.63) is 35.4 Å². The number of benzene rings is 1. The number of rotatable bonds is 6. The second-order valence-corrected chi connectivity index (χ2v) is 4.82. The molecule has 0 saturated heterocycles. The van der Waals surface area contributed by atoms with Crippen LogP contribution in [0, 0.1) is 0 Å². The normalized spacial score (nSPS) is 11.5. The Morgan fingerprint density at radius 3 is 2.59 bits per heavy atom. The molecule has 0 aromatic heterocycles. The molecule has 3 nitrogen and oxygen atoms in total. The summed E-state index contributed by atoms with van der Waals surface area (Å²) in [5, 5.41) is 0. The molecular formula is C14H21NO2. The number of hydrogen-bond donors (Lipinski definition) is 1. The summed E-state index contributed by atoms with van der Waals surface area (Å²) in [6.45, 7) is 5.12. The van der Waals surface area contributed by atoms with Crippen molar-refractivity contribution >= 4 is 5.78 Å². The molecule has 0 heterocycles. The summed E-state index contributed by atoms with van der Waals surface area (Å²) < 4.78 is 5.22. The fourth-order valence-corrected chi connectivity index (χ4v) is 2.02. The lowest BCUT2D eigenvalue weighted by molar-refractivity contribution is 0.0979. The van der Waals surface area contributed by atoms with Crippen LogP contribution in [-0.2, 0) is 10.2 Å². The SMILES string of the molecule is COCC(C)(C)c1ccccc1C(=O)CCN. The first-order chi connectivity index (χ1) is 8.03. The van der Waals surface area contributed by atoms with Crippen LogP contribution in [0.25, 0.3) is 0 Å². The smallest absolute Gasteiger partial charge is 0.164 e. The first-order valence-corrected chi connectivity index (χ1v) is 5.84. The molecule has 0 aliphatic rings. The zero-order valence-corrected chi connectivity index (χ0v) is 10.8. The molecule has 1 aromatic rings. The summed E-state index contributed by atoms with van der Waals surface area (Å²) in [5.41, 5.74) is 7.06. The first-order valence-electron chi connectivity index (χ1n) is 5.84. The van der Waals surface area contributed by atoms with Crippen molar-refractivity contribution in [2.75, 3.05) is 20.3 Å². The second-order valence-electron chi connectivity index (χ2n) is 4.82. The maximum atomic E-state index is 12.0. The van der Waals surface area contributed by atoms with Crippen molar-refractivity contribution in [1.82, 2.24) is 0 Å². The minimum atomic E-state index is -0.171. The van der Waals surface area contributed by atoms with Crippen LogP contribution >= 0.6 is 0 Å². The highest BCUT2D eigenvalue weighted by Crippen LogP contribution is 2.27. The third kappa shape index (κ3) is 3.38. The monoisotopic (exact) mass is 235 g/mol. The molecule has 0 bridgehead atoms. The molecule has 0 radical (unpaired) electrons. The number of hydrogen-bond acceptors (Lipinski definition) is 3. The van der Waals surface area contributed by atoms with Crippen molar-refractivity contribution in [3.8, 4) is 0 Å². The van der Waals surface area contributed by atoms with Crippen LogP contribution in [0.5, 0.6) is 0 Å². The molecule has 0 atom stereocenters. The fraction of sp³-hybridized carbons (Fsp3) is 0.500. The molecule has 0 amide bonds. The molecule has 0 unspecified atom stereocenters. The highest BCUT2D eigenvalue weighted by Gasteiger charge is 2.25. The number of Topliss-reactive ketones (excluding diaryl/α,β-unsaturated/α-hetero) is 1. The average molecular weight is 235 g/mol. The van der Waals surface area contributed by atoms with E-state index in [0.717, 1.165) is 11.1 Å². The predicted octanol–water partition coefficient (Wildman–Crippen LogP) is 2.14. The van der Waals surface area contributed by atoms with Crippen LogP contribution in [0.15, 0.2) is 24.3 Å². The lowest BCUT2D eigenvalue weighted by Crippen LogP contribution is -2.26. The summed E-state index contributed by atoms with van der Waals surface area (Å²) in [7, 11) is 1.67. The third-order valence-corrected chi connectivity index (χ3v) is 2.83. The van der Waals surface area contributed by atoms with Gasteiger partial charge in [0.2, 0.25) is 0 Å². The van der Waals surface area contributed by atoms with Crippen LogP contribution in [0.3, 0.4) is 0 Å². The van der Waals surface area contributed by atoms with Gasteiger partial charge in [0.15, 0.2) is 5.78 Å². The van der Waals surface area contributed by atoms with E-state index < -0.39 is 0 Å². The Labute approximate surface area is 103 Å². The molecular weight excluding hydrogens is 214 g/mol. The molecule has 1 aromatic carbocycles. The molecule has 94 valence electrons. The van der Waals surface area contributed by atoms with E-state index in [-0.39, 0.29) is 11.2 Å². The van der Waals surface area contributed by atoms with Gasteiger partial charge in [-0.05, 0) is 12.1 Å². The van der Waals surface area contributed by atoms with Crippen molar-refractivity contribution < 1.29 is 9.53 Å². The number of ether oxygens (including phenoxy) is 1. The Morgan fingerprint density at radius 2 is 2.00 bits per heavy atom. The van der Waals surface area contributed by atoms with Gasteiger partial charge >= 0.3 is 0 Å². The van der Waals surface area contributed by atoms with Crippen molar-refractivity contribution in [3.63, 3.8) is 0 Å². The fourth-order valence-electron chi connectivity index (χ4n) is 2.02. The highest BCUT2D eigenvalue weighted by molar-refractivity contribution is 5.97. The third-order valence-electron chi connectivity index (χ3n) is 2.83. The van der Waals surface area contributed by atoms with Crippen molar-refractivity contribution in [2.45, 2.75) is 25.7 Å². The molecule has 3 heteroatoms. The number of nitrogens with two attached hydrogens (primary N) is 1. The largest absolute Gasteiger partial charge is 0.384 e. The molecule has 0 aliphatic heterocycles. The zero-order chi connectivity index (χ0) is 12.9. The lowest BCUT2D eigenvalue weighted by atomic mass is 9.81. The molecule has 0 spiro atoms. The Bertz CT molecular complexity index is 386. The summed E-state index contributed by atoms with van der Waals surface area (Å²) in [6.07, 6.45) is 0.389. The van der Waals surface area contributed by atoms with Gasteiger partial charge in [-0.25, -0.2) is 0 Å². The minimum absolute atomic E-state index is 0.104. The molecule has 2 N–H and O–H groups in total. The molecule has 17 heavy (non-hydrogen) atoms. The Morgan fingerprint density at radius 1 is 1.35 bits per heavy atom. The minimum Gasteiger partial charge on any atom is -0.384 e. The quantitative estimate of drug-likeness (QED) is 0.769. The maximum absolute atomic E-state index is 12.0. The van der Waals surface area contributed by atoms with Crippen LogP contribution in [0.2, 0.25) is 0 Å². The van der Waals surface area contributed by atoms with E-state index in [2.05, 4.69) is 13.8 Å². The van der Waals surface area contributed by atoms with Gasteiger partial charge in [0, 0.05) is 24.5 Å².